The van der Waals surface area contributed by atoms with E-state index < -0.39 is 18.2 Å². The predicted octanol–water partition coefficient (Wildman–Crippen LogP) is 7.25. The van der Waals surface area contributed by atoms with E-state index in [1.54, 1.807) is 46.4 Å². The number of rotatable bonds is 8. The summed E-state index contributed by atoms with van der Waals surface area (Å²) < 4.78 is 61.2. The molecule has 0 unspecified atom stereocenters. The Hall–Kier alpha value is -7.70. The Bertz CT molecular complexity index is 2750. The number of nitrogens with two attached hydrogens (primary N) is 4. The summed E-state index contributed by atoms with van der Waals surface area (Å²) in [6, 6.07) is 23.5. The van der Waals surface area contributed by atoms with Gasteiger partial charge in [0.15, 0.2) is 23.3 Å². The molecule has 57 heavy (non-hydrogen) atoms. The number of fused-ring (bicyclic) bond motifs is 2. The molecule has 19 heteroatoms. The average molecular weight is 779 g/mol. The summed E-state index contributed by atoms with van der Waals surface area (Å²) in [7, 11) is 0. The maximum Gasteiger partial charge on any atom is 0.387 e. The summed E-state index contributed by atoms with van der Waals surface area (Å²) in [5, 5.41) is 5.72. The maximum atomic E-state index is 14.6. The van der Waals surface area contributed by atoms with Crippen LogP contribution in [0.4, 0.5) is 63.6 Å². The minimum absolute atomic E-state index is 0.00786. The van der Waals surface area contributed by atoms with Crippen molar-refractivity contribution in [2.45, 2.75) is 27.4 Å². The van der Waals surface area contributed by atoms with Crippen LogP contribution in [0.25, 0.3) is 34.0 Å². The van der Waals surface area contributed by atoms with Crippen molar-refractivity contribution >= 4 is 68.1 Å². The van der Waals surface area contributed by atoms with Gasteiger partial charge in [0.25, 0.3) is 0 Å². The number of imidazole rings is 2. The monoisotopic (exact) mass is 778 g/mol. The number of anilines is 8. The molecule has 0 aliphatic rings. The summed E-state index contributed by atoms with van der Waals surface area (Å²) >= 11 is 0. The average Bonchev–Trinajstić information content (AvgIpc) is 3.67. The van der Waals surface area contributed by atoms with Crippen LogP contribution in [0.1, 0.15) is 17.2 Å². The second-order valence-electron chi connectivity index (χ2n) is 12.6. The fourth-order valence-electron chi connectivity index (χ4n) is 5.83. The highest BCUT2D eigenvalue weighted by atomic mass is 19.3. The van der Waals surface area contributed by atoms with Crippen molar-refractivity contribution in [2.24, 2.45) is 0 Å². The van der Waals surface area contributed by atoms with Crippen LogP contribution in [0.5, 0.6) is 5.75 Å². The lowest BCUT2D eigenvalue weighted by atomic mass is 10.2. The van der Waals surface area contributed by atoms with Crippen molar-refractivity contribution in [2.75, 3.05) is 33.6 Å². The Labute approximate surface area is 321 Å². The SMILES string of the molecule is Cc1ccc(Nc2nc(-n3c(C)nc4ccc(N)cc43)nc(N)c2F)cc1.Cc1nc2ccc(N)cc2n1-c1nc(N)c(F)c(Nc2ccc(OC(F)F)cc2)n1. The molecule has 0 amide bonds. The van der Waals surface area contributed by atoms with Gasteiger partial charge in [-0.1, -0.05) is 17.7 Å². The molecular weight excluding hydrogens is 745 g/mol. The summed E-state index contributed by atoms with van der Waals surface area (Å²) in [5.74, 6) is -0.898. The van der Waals surface area contributed by atoms with Crippen LogP contribution in [0.15, 0.2) is 84.9 Å². The molecule has 15 nitrogen and oxygen atoms in total. The zero-order valence-electron chi connectivity index (χ0n) is 30.5. The molecule has 4 heterocycles. The van der Waals surface area contributed by atoms with Gasteiger partial charge in [-0.05, 0) is 93.6 Å². The van der Waals surface area contributed by atoms with Crippen molar-refractivity contribution in [3.8, 4) is 17.6 Å². The van der Waals surface area contributed by atoms with Gasteiger partial charge in [0.2, 0.25) is 23.5 Å². The Morgan fingerprint density at radius 3 is 1.40 bits per heavy atom. The smallest absolute Gasteiger partial charge is 0.387 e. The first-order valence-corrected chi connectivity index (χ1v) is 17.1. The molecule has 0 radical (unpaired) electrons. The zero-order valence-corrected chi connectivity index (χ0v) is 30.5. The van der Waals surface area contributed by atoms with Crippen LogP contribution >= 0.6 is 0 Å². The molecule has 10 N–H and O–H groups in total. The number of aryl methyl sites for hydroxylation is 3. The molecule has 4 aromatic heterocycles. The number of ether oxygens (including phenoxy) is 1. The fourth-order valence-corrected chi connectivity index (χ4v) is 5.83. The largest absolute Gasteiger partial charge is 0.435 e. The molecule has 0 fully saturated rings. The van der Waals surface area contributed by atoms with Crippen molar-refractivity contribution in [3.63, 3.8) is 0 Å². The molecule has 290 valence electrons. The van der Waals surface area contributed by atoms with Gasteiger partial charge in [-0.25, -0.2) is 9.97 Å². The van der Waals surface area contributed by atoms with Gasteiger partial charge in [-0.2, -0.15) is 37.5 Å². The van der Waals surface area contributed by atoms with Crippen molar-refractivity contribution in [1.29, 1.82) is 0 Å². The Morgan fingerprint density at radius 2 is 0.982 bits per heavy atom. The van der Waals surface area contributed by atoms with Crippen molar-refractivity contribution in [3.05, 3.63) is 114 Å². The number of hydrogen-bond acceptors (Lipinski definition) is 13. The van der Waals surface area contributed by atoms with Gasteiger partial charge in [0, 0.05) is 22.7 Å². The van der Waals surface area contributed by atoms with E-state index in [2.05, 4.69) is 45.3 Å². The first kappa shape index (κ1) is 37.6. The molecule has 8 aromatic rings. The number of nitrogens with one attached hydrogen (secondary N) is 2. The number of nitrogens with zero attached hydrogens (tertiary/aromatic N) is 8. The second-order valence-corrected chi connectivity index (χ2v) is 12.6. The third-order valence-corrected chi connectivity index (χ3v) is 8.48. The molecule has 0 aliphatic heterocycles. The minimum atomic E-state index is -2.94. The van der Waals surface area contributed by atoms with Crippen LogP contribution in [-0.4, -0.2) is 45.6 Å². The topological polar surface area (TPSA) is 225 Å². The van der Waals surface area contributed by atoms with E-state index in [4.69, 9.17) is 22.9 Å². The lowest BCUT2D eigenvalue weighted by molar-refractivity contribution is -0.0498. The molecule has 0 aliphatic carbocycles. The highest BCUT2D eigenvalue weighted by Crippen LogP contribution is 2.29. The lowest BCUT2D eigenvalue weighted by Crippen LogP contribution is -2.11. The Balaban J connectivity index is 0.000000175. The third kappa shape index (κ3) is 7.93. The van der Waals surface area contributed by atoms with Gasteiger partial charge in [-0.3, -0.25) is 9.13 Å². The normalized spacial score (nSPS) is 11.2. The number of benzene rings is 4. The summed E-state index contributed by atoms with van der Waals surface area (Å²) in [5.41, 5.74) is 29.4. The van der Waals surface area contributed by atoms with E-state index in [1.165, 1.54) is 24.3 Å². The lowest BCUT2D eigenvalue weighted by Gasteiger charge is -2.12. The van der Waals surface area contributed by atoms with Crippen LogP contribution in [-0.2, 0) is 0 Å². The minimum Gasteiger partial charge on any atom is -0.435 e. The molecule has 4 aromatic carbocycles. The highest BCUT2D eigenvalue weighted by molar-refractivity contribution is 5.82. The number of aromatic nitrogens is 8. The van der Waals surface area contributed by atoms with E-state index in [9.17, 15) is 17.6 Å². The highest BCUT2D eigenvalue weighted by Gasteiger charge is 2.20. The van der Waals surface area contributed by atoms with Gasteiger partial charge < -0.3 is 38.3 Å². The Kier molecular flexibility index (Phi) is 10.0. The number of alkyl halides is 2. The second kappa shape index (κ2) is 15.2. The standard InChI is InChI=1S/C19H16F3N7O.C19H18FN7/c1-9-25-13-7-2-10(23)8-14(13)29(9)19-27-16(24)15(20)17(28-19)26-11-3-5-12(6-4-11)30-18(21)22;1-10-3-6-13(7-4-10)24-18-16(20)17(22)25-19(26-18)27-11(2)23-14-8-5-12(21)9-15(14)27/h2-8,18H,23H2,1H3,(H3,24,26,27,28);3-9H,21H2,1-2H3,(H3,22,24,25,26). The summed E-state index contributed by atoms with van der Waals surface area (Å²) in [6.07, 6.45) is 0. The maximum absolute atomic E-state index is 14.6. The molecular formula is C38H34F4N14O. The van der Waals surface area contributed by atoms with E-state index in [0.717, 1.165) is 16.6 Å². The van der Waals surface area contributed by atoms with Gasteiger partial charge in [-0.15, -0.1) is 0 Å². The van der Waals surface area contributed by atoms with E-state index >= 15 is 0 Å². The van der Waals surface area contributed by atoms with Crippen molar-refractivity contribution in [1.82, 2.24) is 39.0 Å². The van der Waals surface area contributed by atoms with Crippen LogP contribution in [0.3, 0.4) is 0 Å². The number of hydrogen-bond donors (Lipinski definition) is 6. The first-order chi connectivity index (χ1) is 27.2. The van der Waals surface area contributed by atoms with Gasteiger partial charge >= 0.3 is 6.61 Å². The Morgan fingerprint density at radius 1 is 0.561 bits per heavy atom. The number of halogens is 4. The summed E-state index contributed by atoms with van der Waals surface area (Å²) in [6.45, 7) is 2.59. The molecule has 0 bridgehead atoms. The van der Waals surface area contributed by atoms with Crippen molar-refractivity contribution < 1.29 is 22.3 Å². The molecule has 0 atom stereocenters. The van der Waals surface area contributed by atoms with Crippen LogP contribution < -0.4 is 38.3 Å². The number of nitrogen functional groups attached to an aromatic ring is 4. The molecule has 0 saturated heterocycles. The molecule has 8 rings (SSSR count). The molecule has 0 spiro atoms. The van der Waals surface area contributed by atoms with Gasteiger partial charge in [0.1, 0.15) is 17.4 Å². The molecule has 0 saturated carbocycles. The van der Waals surface area contributed by atoms with E-state index in [-0.39, 0.29) is 40.9 Å². The zero-order chi connectivity index (χ0) is 40.5. The van der Waals surface area contributed by atoms with Gasteiger partial charge in [0.05, 0.1) is 22.1 Å². The van der Waals surface area contributed by atoms with Crippen LogP contribution in [0.2, 0.25) is 0 Å². The quantitative estimate of drug-likeness (QED) is 0.0661. The summed E-state index contributed by atoms with van der Waals surface area (Å²) in [4.78, 5) is 25.6. The van der Waals surface area contributed by atoms with E-state index in [1.807, 2.05) is 44.2 Å². The van der Waals surface area contributed by atoms with Crippen LogP contribution in [0, 0.1) is 32.4 Å². The predicted molar refractivity (Wildman–Crippen MR) is 211 cm³/mol. The first-order valence-electron chi connectivity index (χ1n) is 17.1. The third-order valence-electron chi connectivity index (χ3n) is 8.48. The van der Waals surface area contributed by atoms with E-state index in [0.29, 0.717) is 45.4 Å². The fraction of sp³-hybridized carbons (Fsp3) is 0.105.